The molecule has 0 unspecified atom stereocenters. The topological polar surface area (TPSA) is 43.2 Å². The third kappa shape index (κ3) is 4.21. The first-order chi connectivity index (χ1) is 13.1. The van der Waals surface area contributed by atoms with Crippen LogP contribution in [0.25, 0.3) is 11.1 Å². The molecular formula is C21H23ClN4O. The summed E-state index contributed by atoms with van der Waals surface area (Å²) in [5, 5.41) is 5.17. The molecule has 1 aliphatic heterocycles. The maximum atomic E-state index is 6.09. The molecule has 0 bridgehead atoms. The van der Waals surface area contributed by atoms with Crippen molar-refractivity contribution in [2.75, 3.05) is 19.7 Å². The van der Waals surface area contributed by atoms with Crippen LogP contribution in [0.3, 0.4) is 0 Å². The lowest BCUT2D eigenvalue weighted by Gasteiger charge is -2.32. The first-order valence-electron chi connectivity index (χ1n) is 9.13. The highest BCUT2D eigenvalue weighted by Crippen LogP contribution is 2.26. The lowest BCUT2D eigenvalue weighted by Crippen LogP contribution is -2.38. The van der Waals surface area contributed by atoms with Crippen LogP contribution in [0.2, 0.25) is 5.02 Å². The van der Waals surface area contributed by atoms with Crippen molar-refractivity contribution >= 4 is 11.6 Å². The molecule has 0 radical (unpaired) electrons. The quantitative estimate of drug-likeness (QED) is 0.683. The lowest BCUT2D eigenvalue weighted by molar-refractivity contribution is -0.0350. The fraction of sp³-hybridized carbons (Fsp3) is 0.333. The average molecular weight is 383 g/mol. The maximum absolute atomic E-state index is 6.09. The fourth-order valence-corrected chi connectivity index (χ4v) is 3.69. The summed E-state index contributed by atoms with van der Waals surface area (Å²) in [7, 11) is 1.96. The molecule has 6 heteroatoms. The number of rotatable bonds is 4. The summed E-state index contributed by atoms with van der Waals surface area (Å²) < 4.78 is 7.86. The Morgan fingerprint density at radius 2 is 2.11 bits per heavy atom. The van der Waals surface area contributed by atoms with Crippen LogP contribution in [0.1, 0.15) is 23.1 Å². The predicted octanol–water partition coefficient (Wildman–Crippen LogP) is 4.02. The molecule has 5 nitrogen and oxygen atoms in total. The van der Waals surface area contributed by atoms with Gasteiger partial charge in [0.1, 0.15) is 6.10 Å². The van der Waals surface area contributed by atoms with Gasteiger partial charge in [-0.25, -0.2) is 0 Å². The van der Waals surface area contributed by atoms with Crippen molar-refractivity contribution in [2.24, 2.45) is 7.05 Å². The first kappa shape index (κ1) is 18.2. The SMILES string of the molecule is Cc1nn(C)cc1CN1CCO[C@H](c2ccc(-c3cccc(Cl)c3)cn2)C1. The molecule has 0 amide bonds. The minimum absolute atomic E-state index is 0.0101. The Bertz CT molecular complexity index is 922. The van der Waals surface area contributed by atoms with E-state index in [1.165, 1.54) is 5.56 Å². The molecule has 1 atom stereocenters. The van der Waals surface area contributed by atoms with Crippen LogP contribution in [-0.4, -0.2) is 39.4 Å². The van der Waals surface area contributed by atoms with E-state index in [1.807, 2.05) is 42.2 Å². The van der Waals surface area contributed by atoms with Gasteiger partial charge in [0.05, 0.1) is 18.0 Å². The number of pyridine rings is 1. The summed E-state index contributed by atoms with van der Waals surface area (Å²) >= 11 is 6.09. The Morgan fingerprint density at radius 1 is 1.22 bits per heavy atom. The number of hydrogen-bond acceptors (Lipinski definition) is 4. The van der Waals surface area contributed by atoms with Crippen LogP contribution in [-0.2, 0) is 18.3 Å². The molecule has 1 saturated heterocycles. The summed E-state index contributed by atoms with van der Waals surface area (Å²) in [5.74, 6) is 0. The number of ether oxygens (including phenoxy) is 1. The Balaban J connectivity index is 1.45. The summed E-state index contributed by atoms with van der Waals surface area (Å²) in [6.07, 6.45) is 3.98. The molecule has 0 N–H and O–H groups in total. The predicted molar refractivity (Wildman–Crippen MR) is 107 cm³/mol. The van der Waals surface area contributed by atoms with Gasteiger partial charge < -0.3 is 4.74 Å². The molecule has 1 fully saturated rings. The van der Waals surface area contributed by atoms with Crippen molar-refractivity contribution in [3.05, 3.63) is 70.8 Å². The van der Waals surface area contributed by atoms with E-state index in [4.69, 9.17) is 16.3 Å². The van der Waals surface area contributed by atoms with Crippen LogP contribution in [0.4, 0.5) is 0 Å². The number of nitrogens with zero attached hydrogens (tertiary/aromatic N) is 4. The molecule has 1 aliphatic rings. The molecule has 0 saturated carbocycles. The van der Waals surface area contributed by atoms with Gasteiger partial charge in [-0.15, -0.1) is 0 Å². The van der Waals surface area contributed by atoms with Crippen molar-refractivity contribution in [3.63, 3.8) is 0 Å². The van der Waals surface area contributed by atoms with E-state index in [1.54, 1.807) is 0 Å². The Labute approximate surface area is 164 Å². The third-order valence-electron chi connectivity index (χ3n) is 4.93. The first-order valence-corrected chi connectivity index (χ1v) is 9.51. The second-order valence-corrected chi connectivity index (χ2v) is 7.43. The van der Waals surface area contributed by atoms with Gasteiger partial charge in [-0.1, -0.05) is 29.8 Å². The van der Waals surface area contributed by atoms with Gasteiger partial charge in [-0.2, -0.15) is 5.10 Å². The molecule has 140 valence electrons. The summed E-state index contributed by atoms with van der Waals surface area (Å²) in [5.41, 5.74) is 5.44. The van der Waals surface area contributed by atoms with E-state index in [0.29, 0.717) is 6.61 Å². The van der Waals surface area contributed by atoms with Gasteiger partial charge in [0.15, 0.2) is 0 Å². The zero-order chi connectivity index (χ0) is 18.8. The zero-order valence-corrected chi connectivity index (χ0v) is 16.4. The summed E-state index contributed by atoms with van der Waals surface area (Å²) in [6.45, 7) is 5.41. The Morgan fingerprint density at radius 3 is 2.81 bits per heavy atom. The standard InChI is InChI=1S/C21H23ClN4O/c1-15-18(12-25(2)24-15)13-26-8-9-27-21(14-26)20-7-6-17(11-23-20)16-4-3-5-19(22)10-16/h3-7,10-12,21H,8-9,13-14H2,1-2H3/t21-/m0/s1. The average Bonchev–Trinajstić information content (AvgIpc) is 2.99. The second kappa shape index (κ2) is 7.80. The molecular weight excluding hydrogens is 360 g/mol. The van der Waals surface area contributed by atoms with E-state index in [2.05, 4.69) is 40.2 Å². The maximum Gasteiger partial charge on any atom is 0.112 e. The Hall–Kier alpha value is -2.21. The Kier molecular flexibility index (Phi) is 5.25. The highest BCUT2D eigenvalue weighted by molar-refractivity contribution is 6.30. The third-order valence-corrected chi connectivity index (χ3v) is 5.17. The fourth-order valence-electron chi connectivity index (χ4n) is 3.50. The smallest absolute Gasteiger partial charge is 0.112 e. The molecule has 0 spiro atoms. The monoisotopic (exact) mass is 382 g/mol. The second-order valence-electron chi connectivity index (χ2n) is 6.99. The summed E-state index contributed by atoms with van der Waals surface area (Å²) in [4.78, 5) is 7.07. The highest BCUT2D eigenvalue weighted by Gasteiger charge is 2.24. The molecule has 27 heavy (non-hydrogen) atoms. The van der Waals surface area contributed by atoms with Crippen LogP contribution in [0.15, 0.2) is 48.8 Å². The van der Waals surface area contributed by atoms with Gasteiger partial charge in [0.25, 0.3) is 0 Å². The van der Waals surface area contributed by atoms with Gasteiger partial charge in [-0.05, 0) is 30.7 Å². The van der Waals surface area contributed by atoms with Gasteiger partial charge in [0.2, 0.25) is 0 Å². The molecule has 3 heterocycles. The molecule has 1 aromatic carbocycles. The van der Waals surface area contributed by atoms with Crippen LogP contribution >= 0.6 is 11.6 Å². The van der Waals surface area contributed by atoms with E-state index in [9.17, 15) is 0 Å². The number of hydrogen-bond donors (Lipinski definition) is 0. The van der Waals surface area contributed by atoms with Crippen LogP contribution < -0.4 is 0 Å². The zero-order valence-electron chi connectivity index (χ0n) is 15.6. The van der Waals surface area contributed by atoms with E-state index in [0.717, 1.165) is 47.2 Å². The van der Waals surface area contributed by atoms with Crippen molar-refractivity contribution < 1.29 is 4.74 Å². The van der Waals surface area contributed by atoms with Gasteiger partial charge in [-0.3, -0.25) is 14.6 Å². The van der Waals surface area contributed by atoms with Crippen LogP contribution in [0, 0.1) is 6.92 Å². The number of morpholine rings is 1. The number of aromatic nitrogens is 3. The van der Waals surface area contributed by atoms with Gasteiger partial charge in [0, 0.05) is 55.2 Å². The number of halogens is 1. The highest BCUT2D eigenvalue weighted by atomic mass is 35.5. The van der Waals surface area contributed by atoms with Crippen molar-refractivity contribution in [1.82, 2.24) is 19.7 Å². The number of benzene rings is 1. The largest absolute Gasteiger partial charge is 0.369 e. The lowest BCUT2D eigenvalue weighted by atomic mass is 10.1. The minimum Gasteiger partial charge on any atom is -0.369 e. The van der Waals surface area contributed by atoms with Gasteiger partial charge >= 0.3 is 0 Å². The van der Waals surface area contributed by atoms with E-state index >= 15 is 0 Å². The van der Waals surface area contributed by atoms with E-state index < -0.39 is 0 Å². The van der Waals surface area contributed by atoms with Crippen molar-refractivity contribution in [3.8, 4) is 11.1 Å². The van der Waals surface area contributed by atoms with Crippen molar-refractivity contribution in [1.29, 1.82) is 0 Å². The minimum atomic E-state index is -0.0101. The summed E-state index contributed by atoms with van der Waals surface area (Å²) in [6, 6.07) is 12.0. The molecule has 4 rings (SSSR count). The molecule has 3 aromatic rings. The van der Waals surface area contributed by atoms with E-state index in [-0.39, 0.29) is 6.10 Å². The number of aryl methyl sites for hydroxylation is 2. The van der Waals surface area contributed by atoms with Crippen LogP contribution in [0.5, 0.6) is 0 Å². The normalized spacial score (nSPS) is 18.0. The molecule has 2 aromatic heterocycles. The van der Waals surface area contributed by atoms with Crippen molar-refractivity contribution in [2.45, 2.75) is 19.6 Å². The molecule has 0 aliphatic carbocycles.